The lowest BCUT2D eigenvalue weighted by molar-refractivity contribution is 0.144. The Morgan fingerprint density at radius 3 is 2.69 bits per heavy atom. The van der Waals surface area contributed by atoms with Crippen molar-refractivity contribution in [2.45, 2.75) is 26.2 Å². The number of anilines is 1. The van der Waals surface area contributed by atoms with Crippen molar-refractivity contribution < 1.29 is 19.1 Å². The minimum absolute atomic E-state index is 0.306. The Morgan fingerprint density at radius 2 is 1.89 bits per heavy atom. The Hall–Kier alpha value is -3.78. The van der Waals surface area contributed by atoms with Crippen LogP contribution in [0.5, 0.6) is 5.75 Å². The predicted octanol–water partition coefficient (Wildman–Crippen LogP) is 4.78. The molecule has 1 aliphatic heterocycles. The molecule has 0 atom stereocenters. The fourth-order valence-corrected chi connectivity index (χ4v) is 4.91. The van der Waals surface area contributed by atoms with E-state index in [2.05, 4.69) is 20.9 Å². The zero-order chi connectivity index (χ0) is 24.4. The van der Waals surface area contributed by atoms with E-state index in [0.717, 1.165) is 79.5 Å². The van der Waals surface area contributed by atoms with Gasteiger partial charge >= 0.3 is 11.8 Å². The quantitative estimate of drug-likeness (QED) is 0.172. The fourth-order valence-electron chi connectivity index (χ4n) is 4.91. The molecule has 0 saturated carbocycles. The number of H-pyrrole nitrogens is 1. The van der Waals surface area contributed by atoms with Crippen LogP contribution >= 0.6 is 0 Å². The van der Waals surface area contributed by atoms with Crippen LogP contribution in [0.1, 0.15) is 24.0 Å². The molecule has 2 N–H and O–H groups in total. The van der Waals surface area contributed by atoms with E-state index in [1.807, 2.05) is 31.3 Å². The van der Waals surface area contributed by atoms with Crippen molar-refractivity contribution in [3.8, 4) is 5.75 Å². The number of hydrogen-bond acceptors (Lipinski definition) is 6. The molecule has 4 aromatic rings. The second-order valence-corrected chi connectivity index (χ2v) is 9.13. The number of carbonyl (C=O) groups is 1. The van der Waals surface area contributed by atoms with Crippen LogP contribution in [-0.4, -0.2) is 53.9 Å². The van der Waals surface area contributed by atoms with Gasteiger partial charge in [-0.05, 0) is 74.2 Å². The van der Waals surface area contributed by atoms with Crippen molar-refractivity contribution in [1.82, 2.24) is 9.88 Å². The van der Waals surface area contributed by atoms with E-state index in [1.54, 1.807) is 18.2 Å². The largest absolute Gasteiger partial charge is 0.511 e. The fraction of sp³-hybridized carbons (Fsp3) is 0.333. The van der Waals surface area contributed by atoms with Crippen LogP contribution in [-0.2, 0) is 6.42 Å². The Kier molecular flexibility index (Phi) is 6.46. The highest BCUT2D eigenvalue weighted by Crippen LogP contribution is 2.27. The van der Waals surface area contributed by atoms with E-state index in [4.69, 9.17) is 14.3 Å². The summed E-state index contributed by atoms with van der Waals surface area (Å²) in [6.07, 6.45) is 3.73. The van der Waals surface area contributed by atoms with E-state index < -0.39 is 6.16 Å². The molecule has 0 bridgehead atoms. The van der Waals surface area contributed by atoms with E-state index >= 15 is 0 Å². The second kappa shape index (κ2) is 9.84. The topological polar surface area (TPSA) is 99.0 Å². The first-order chi connectivity index (χ1) is 17.0. The Bertz CT molecular complexity index is 1420. The zero-order valence-corrected chi connectivity index (χ0v) is 19.8. The number of nitrogens with one attached hydrogen (secondary N) is 1. The maximum absolute atomic E-state index is 12.1. The molecule has 0 aliphatic carbocycles. The summed E-state index contributed by atoms with van der Waals surface area (Å²) in [5.74, 6) is 0.336. The Labute approximate surface area is 202 Å². The van der Waals surface area contributed by atoms with E-state index in [0.29, 0.717) is 11.3 Å². The first kappa shape index (κ1) is 23.0. The normalized spacial score (nSPS) is 14.6. The van der Waals surface area contributed by atoms with Gasteiger partial charge in [0.2, 0.25) is 0 Å². The number of ether oxygens (including phenoxy) is 1. The summed E-state index contributed by atoms with van der Waals surface area (Å²) < 4.78 is 10.2. The van der Waals surface area contributed by atoms with Crippen molar-refractivity contribution in [2.24, 2.45) is 0 Å². The van der Waals surface area contributed by atoms with Crippen LogP contribution in [0, 0.1) is 6.92 Å². The van der Waals surface area contributed by atoms with Crippen molar-refractivity contribution in [1.29, 1.82) is 0 Å². The molecule has 0 radical (unpaired) electrons. The Balaban J connectivity index is 1.14. The van der Waals surface area contributed by atoms with Crippen molar-refractivity contribution >= 4 is 33.7 Å². The van der Waals surface area contributed by atoms with E-state index in [-0.39, 0.29) is 5.63 Å². The van der Waals surface area contributed by atoms with Gasteiger partial charge in [0.15, 0.2) is 0 Å². The lowest BCUT2D eigenvalue weighted by atomic mass is 10.1. The molecule has 182 valence electrons. The summed E-state index contributed by atoms with van der Waals surface area (Å²) in [5, 5.41) is 10.8. The summed E-state index contributed by atoms with van der Waals surface area (Å²) in [7, 11) is 0. The van der Waals surface area contributed by atoms with Gasteiger partial charge in [-0.2, -0.15) is 0 Å². The molecular weight excluding hydrogens is 446 g/mol. The lowest BCUT2D eigenvalue weighted by Gasteiger charge is -2.36. The molecule has 1 fully saturated rings. The highest BCUT2D eigenvalue weighted by molar-refractivity contribution is 5.90. The molecule has 8 nitrogen and oxygen atoms in total. The van der Waals surface area contributed by atoms with Crippen LogP contribution in [0.4, 0.5) is 10.5 Å². The van der Waals surface area contributed by atoms with Crippen LogP contribution in [0.15, 0.2) is 57.9 Å². The number of rotatable bonds is 7. The number of fused-ring (bicyclic) bond motifs is 2. The minimum Gasteiger partial charge on any atom is -0.449 e. The maximum atomic E-state index is 12.1. The average Bonchev–Trinajstić information content (AvgIpc) is 3.23. The third-order valence-corrected chi connectivity index (χ3v) is 6.71. The molecule has 5 rings (SSSR count). The average molecular weight is 476 g/mol. The third-order valence-electron chi connectivity index (χ3n) is 6.71. The maximum Gasteiger partial charge on any atom is 0.511 e. The van der Waals surface area contributed by atoms with Gasteiger partial charge < -0.3 is 24.1 Å². The summed E-state index contributed by atoms with van der Waals surface area (Å²) in [6.45, 7) is 6.69. The number of hydrogen-bond donors (Lipinski definition) is 2. The van der Waals surface area contributed by atoms with Gasteiger partial charge in [0.1, 0.15) is 11.3 Å². The number of benzene rings is 2. The van der Waals surface area contributed by atoms with Gasteiger partial charge in [-0.15, -0.1) is 0 Å². The lowest BCUT2D eigenvalue weighted by Crippen LogP contribution is -2.46. The van der Waals surface area contributed by atoms with E-state index in [9.17, 15) is 9.59 Å². The van der Waals surface area contributed by atoms with Crippen LogP contribution in [0.25, 0.3) is 21.9 Å². The standard InChI is InChI=1S/C27H29N3O5/c1-18-5-7-21-24(16-26(31)35-25(21)14-18)30-12-10-29(11-13-30)9-3-2-4-19-17-28-23-8-6-20(15-22(19)23)34-27(32)33/h5-8,14-17,28H,2-4,9-13H2,1H3,(H,32,33). The molecule has 35 heavy (non-hydrogen) atoms. The van der Waals surface area contributed by atoms with Gasteiger partial charge in [0, 0.05) is 54.7 Å². The minimum atomic E-state index is -1.31. The molecule has 2 aromatic heterocycles. The van der Waals surface area contributed by atoms with Crippen LogP contribution in [0.3, 0.4) is 0 Å². The van der Waals surface area contributed by atoms with Gasteiger partial charge in [-0.1, -0.05) is 6.07 Å². The first-order valence-electron chi connectivity index (χ1n) is 12.0. The number of nitrogens with zero attached hydrogens (tertiary/aromatic N) is 2. The number of aromatic nitrogens is 1. The summed E-state index contributed by atoms with van der Waals surface area (Å²) >= 11 is 0. The molecular formula is C27H29N3O5. The Morgan fingerprint density at radius 1 is 1.06 bits per heavy atom. The van der Waals surface area contributed by atoms with Gasteiger partial charge in [0.25, 0.3) is 0 Å². The smallest absolute Gasteiger partial charge is 0.449 e. The van der Waals surface area contributed by atoms with Gasteiger partial charge in [0.05, 0.1) is 5.69 Å². The van der Waals surface area contributed by atoms with Gasteiger partial charge in [-0.3, -0.25) is 4.90 Å². The molecule has 8 heteroatoms. The van der Waals surface area contributed by atoms with Crippen LogP contribution in [0.2, 0.25) is 0 Å². The molecule has 1 saturated heterocycles. The number of piperazine rings is 1. The summed E-state index contributed by atoms with van der Waals surface area (Å²) in [4.78, 5) is 30.9. The number of aryl methyl sites for hydroxylation is 2. The number of carboxylic acid groups (broad SMARTS) is 1. The molecule has 1 aliphatic rings. The molecule has 0 unspecified atom stereocenters. The zero-order valence-electron chi connectivity index (χ0n) is 19.8. The molecule has 3 heterocycles. The highest BCUT2D eigenvalue weighted by atomic mass is 16.7. The summed E-state index contributed by atoms with van der Waals surface area (Å²) in [6, 6.07) is 12.9. The van der Waals surface area contributed by atoms with Crippen molar-refractivity contribution in [3.63, 3.8) is 0 Å². The molecule has 2 aromatic carbocycles. The van der Waals surface area contributed by atoms with Crippen molar-refractivity contribution in [3.05, 3.63) is 70.2 Å². The third kappa shape index (κ3) is 5.17. The predicted molar refractivity (Wildman–Crippen MR) is 136 cm³/mol. The SMILES string of the molecule is Cc1ccc2c(N3CCN(CCCCc4c[nH]c5ccc(OC(=O)O)cc45)CC3)cc(=O)oc2c1. The number of unbranched alkanes of at least 4 members (excludes halogenated alkanes) is 1. The molecule has 0 spiro atoms. The first-order valence-corrected chi connectivity index (χ1v) is 12.0. The molecule has 0 amide bonds. The van der Waals surface area contributed by atoms with Crippen LogP contribution < -0.4 is 15.3 Å². The summed E-state index contributed by atoms with van der Waals surface area (Å²) in [5.41, 5.74) is 4.52. The second-order valence-electron chi connectivity index (χ2n) is 9.13. The number of aromatic amines is 1. The highest BCUT2D eigenvalue weighted by Gasteiger charge is 2.20. The van der Waals surface area contributed by atoms with E-state index in [1.165, 1.54) is 5.56 Å². The van der Waals surface area contributed by atoms with Gasteiger partial charge in [-0.25, -0.2) is 9.59 Å². The van der Waals surface area contributed by atoms with Crippen molar-refractivity contribution in [2.75, 3.05) is 37.6 Å². The monoisotopic (exact) mass is 475 g/mol.